The Morgan fingerprint density at radius 2 is 1.97 bits per heavy atom. The lowest BCUT2D eigenvalue weighted by molar-refractivity contribution is -0.121. The van der Waals surface area contributed by atoms with Crippen molar-refractivity contribution in [2.75, 3.05) is 18.4 Å². The summed E-state index contributed by atoms with van der Waals surface area (Å²) in [6.45, 7) is 1.09. The molecule has 5 rings (SSSR count). The number of anilines is 1. The van der Waals surface area contributed by atoms with Crippen LogP contribution < -0.4 is 5.32 Å². The highest BCUT2D eigenvalue weighted by Crippen LogP contribution is 2.30. The van der Waals surface area contributed by atoms with Gasteiger partial charge in [-0.3, -0.25) is 4.79 Å². The van der Waals surface area contributed by atoms with Crippen molar-refractivity contribution in [2.45, 2.75) is 17.7 Å². The molecule has 3 heterocycles. The van der Waals surface area contributed by atoms with E-state index >= 15 is 0 Å². The fraction of sp³-hybridized carbons (Fsp3) is 0.200. The molecule has 1 saturated heterocycles. The van der Waals surface area contributed by atoms with E-state index in [2.05, 4.69) is 21.6 Å². The highest BCUT2D eigenvalue weighted by molar-refractivity contribution is 7.90. The summed E-state index contributed by atoms with van der Waals surface area (Å²) in [6.07, 6.45) is 1.52. The zero-order valence-corrected chi connectivity index (χ0v) is 19.3. The second kappa shape index (κ2) is 8.85. The summed E-state index contributed by atoms with van der Waals surface area (Å²) in [5.74, 6) is 6.34. The second-order valence-corrected chi connectivity index (χ2v) is 10.5. The Labute approximate surface area is 197 Å². The van der Waals surface area contributed by atoms with Crippen molar-refractivity contribution in [2.24, 2.45) is 10.3 Å². The van der Waals surface area contributed by atoms with Crippen LogP contribution in [0.2, 0.25) is 0 Å². The van der Waals surface area contributed by atoms with Crippen molar-refractivity contribution < 1.29 is 13.2 Å². The number of amidine groups is 1. The maximum atomic E-state index is 13.0. The minimum Gasteiger partial charge on any atom is -0.355 e. The van der Waals surface area contributed by atoms with Gasteiger partial charge in [-0.25, -0.2) is 0 Å². The number of likely N-dealkylation sites (tertiary alicyclic amines) is 1. The third-order valence-electron chi connectivity index (χ3n) is 5.69. The highest BCUT2D eigenvalue weighted by atomic mass is 32.2. The van der Waals surface area contributed by atoms with Crippen LogP contribution in [0.25, 0.3) is 0 Å². The Hall–Kier alpha value is -3.41. The maximum Gasteiger partial charge on any atom is 0.285 e. The Kier molecular flexibility index (Phi) is 5.75. The first-order chi connectivity index (χ1) is 16.0. The summed E-state index contributed by atoms with van der Waals surface area (Å²) in [7, 11) is -3.68. The predicted octanol–water partition coefficient (Wildman–Crippen LogP) is 3.95. The van der Waals surface area contributed by atoms with Gasteiger partial charge in [-0.15, -0.1) is 15.7 Å². The number of amides is 1. The molecule has 166 valence electrons. The summed E-state index contributed by atoms with van der Waals surface area (Å²) >= 11 is 1.59. The van der Waals surface area contributed by atoms with Crippen molar-refractivity contribution in [1.29, 1.82) is 0 Å². The molecule has 1 N–H and O–H groups in total. The van der Waals surface area contributed by atoms with Crippen LogP contribution in [0.4, 0.5) is 5.69 Å². The molecule has 8 heteroatoms. The van der Waals surface area contributed by atoms with Crippen molar-refractivity contribution in [3.05, 3.63) is 82.0 Å². The highest BCUT2D eigenvalue weighted by Gasteiger charge is 2.35. The van der Waals surface area contributed by atoms with Crippen LogP contribution >= 0.6 is 11.3 Å². The maximum absolute atomic E-state index is 13.0. The largest absolute Gasteiger partial charge is 0.355 e. The van der Waals surface area contributed by atoms with Gasteiger partial charge in [0.25, 0.3) is 10.0 Å². The molecule has 2 aliphatic heterocycles. The molecule has 33 heavy (non-hydrogen) atoms. The van der Waals surface area contributed by atoms with Crippen molar-refractivity contribution >= 4 is 38.8 Å². The van der Waals surface area contributed by atoms with Crippen LogP contribution in [0.5, 0.6) is 0 Å². The van der Waals surface area contributed by atoms with E-state index in [0.717, 1.165) is 23.3 Å². The normalized spacial score (nSPS) is 18.6. The molecule has 0 spiro atoms. The number of nitrogens with one attached hydrogen (secondary N) is 1. The average molecular weight is 476 g/mol. The van der Waals surface area contributed by atoms with E-state index < -0.39 is 10.0 Å². The molecule has 2 aromatic carbocycles. The van der Waals surface area contributed by atoms with Gasteiger partial charge in [0.1, 0.15) is 4.90 Å². The first-order valence-corrected chi connectivity index (χ1v) is 13.0. The van der Waals surface area contributed by atoms with E-state index in [0.29, 0.717) is 30.2 Å². The Morgan fingerprint density at radius 1 is 1.09 bits per heavy atom. The van der Waals surface area contributed by atoms with Gasteiger partial charge in [0.2, 0.25) is 5.91 Å². The van der Waals surface area contributed by atoms with Crippen LogP contribution in [0, 0.1) is 17.8 Å². The Balaban J connectivity index is 1.29. The minimum atomic E-state index is -3.68. The molecule has 2 aliphatic rings. The van der Waals surface area contributed by atoms with E-state index in [1.807, 2.05) is 46.7 Å². The number of benzene rings is 2. The van der Waals surface area contributed by atoms with Crippen molar-refractivity contribution in [3.63, 3.8) is 0 Å². The lowest BCUT2D eigenvalue weighted by atomic mass is 9.96. The number of fused-ring (bicyclic) bond motifs is 1. The second-order valence-electron chi connectivity index (χ2n) is 7.97. The Morgan fingerprint density at radius 3 is 2.82 bits per heavy atom. The van der Waals surface area contributed by atoms with Gasteiger partial charge in [0, 0.05) is 29.9 Å². The van der Waals surface area contributed by atoms with E-state index in [-0.39, 0.29) is 16.7 Å². The van der Waals surface area contributed by atoms with Gasteiger partial charge in [-0.2, -0.15) is 8.42 Å². The topological polar surface area (TPSA) is 78.8 Å². The number of rotatable bonds is 2. The lowest BCUT2D eigenvalue weighted by Gasteiger charge is -2.33. The molecule has 6 nitrogen and oxygen atoms in total. The molecule has 0 radical (unpaired) electrons. The summed E-state index contributed by atoms with van der Waals surface area (Å²) < 4.78 is 28.8. The van der Waals surface area contributed by atoms with Gasteiger partial charge in [-0.05, 0) is 54.6 Å². The number of carbonyl (C=O) groups excluding carboxylic acids is 1. The molecule has 1 unspecified atom stereocenters. The number of hydrogen-bond acceptors (Lipinski definition) is 5. The van der Waals surface area contributed by atoms with E-state index in [1.165, 1.54) is 0 Å². The van der Waals surface area contributed by atoms with Gasteiger partial charge in [0.15, 0.2) is 5.84 Å². The van der Waals surface area contributed by atoms with Crippen LogP contribution in [-0.4, -0.2) is 38.2 Å². The fourth-order valence-electron chi connectivity index (χ4n) is 4.10. The summed E-state index contributed by atoms with van der Waals surface area (Å²) in [4.78, 5) is 16.2. The molecule has 3 aromatic rings. The van der Waals surface area contributed by atoms with Crippen LogP contribution in [0.15, 0.2) is 75.3 Å². The standard InChI is InChI=1S/C25H21N3O3S2/c29-25(26-20-8-3-6-18(16-20)12-13-21-9-5-15-32-21)19-7-4-14-28(17-19)24-22-10-1-2-11-23(22)33(30,31)27-24/h1-3,5-6,8-11,15-16,19H,4,7,14,17H2,(H,26,29). The number of thiophene rings is 1. The molecular formula is C25H21N3O3S2. The molecular weight excluding hydrogens is 454 g/mol. The lowest BCUT2D eigenvalue weighted by Crippen LogP contribution is -2.43. The fourth-order valence-corrected chi connectivity index (χ4v) is 5.90. The number of piperidine rings is 1. The van der Waals surface area contributed by atoms with Gasteiger partial charge in [-0.1, -0.05) is 36.1 Å². The SMILES string of the molecule is O=C(Nc1cccc(C#Cc2cccs2)c1)C1CCCN(C2=NS(=O)(=O)c3ccccc32)C1. The molecule has 0 bridgehead atoms. The third-order valence-corrected chi connectivity index (χ3v) is 7.80. The summed E-state index contributed by atoms with van der Waals surface area (Å²) in [6, 6.07) is 18.3. The predicted molar refractivity (Wildman–Crippen MR) is 130 cm³/mol. The monoisotopic (exact) mass is 475 g/mol. The molecule has 0 aliphatic carbocycles. The number of sulfonamides is 1. The van der Waals surface area contributed by atoms with Crippen molar-refractivity contribution in [1.82, 2.24) is 4.90 Å². The molecule has 0 saturated carbocycles. The van der Waals surface area contributed by atoms with Crippen LogP contribution in [0.3, 0.4) is 0 Å². The van der Waals surface area contributed by atoms with Crippen LogP contribution in [0.1, 0.15) is 28.8 Å². The quantitative estimate of drug-likeness (QED) is 0.570. The van der Waals surface area contributed by atoms with Gasteiger partial charge in [0.05, 0.1) is 10.8 Å². The zero-order valence-electron chi connectivity index (χ0n) is 17.7. The van der Waals surface area contributed by atoms with Crippen molar-refractivity contribution in [3.8, 4) is 11.8 Å². The van der Waals surface area contributed by atoms with E-state index in [1.54, 1.807) is 35.6 Å². The van der Waals surface area contributed by atoms with Gasteiger partial charge >= 0.3 is 0 Å². The molecule has 1 aromatic heterocycles. The first-order valence-electron chi connectivity index (χ1n) is 10.7. The molecule has 1 fully saturated rings. The average Bonchev–Trinajstić information content (AvgIpc) is 3.44. The van der Waals surface area contributed by atoms with Crippen LogP contribution in [-0.2, 0) is 14.8 Å². The minimum absolute atomic E-state index is 0.0854. The molecule has 1 atom stereocenters. The number of nitrogens with zero attached hydrogens (tertiary/aromatic N) is 2. The summed E-state index contributed by atoms with van der Waals surface area (Å²) in [5.41, 5.74) is 2.13. The Bertz CT molecular complexity index is 1400. The van der Waals surface area contributed by atoms with E-state index in [9.17, 15) is 13.2 Å². The first kappa shape index (κ1) is 21.4. The summed E-state index contributed by atoms with van der Waals surface area (Å²) in [5, 5.41) is 4.99. The van der Waals surface area contributed by atoms with E-state index in [4.69, 9.17) is 0 Å². The number of hydrogen-bond donors (Lipinski definition) is 1. The zero-order chi connectivity index (χ0) is 22.8. The number of carbonyl (C=O) groups is 1. The third kappa shape index (κ3) is 4.56. The molecule has 1 amide bonds. The smallest absolute Gasteiger partial charge is 0.285 e. The van der Waals surface area contributed by atoms with Gasteiger partial charge < -0.3 is 10.2 Å².